The average Bonchev–Trinajstić information content (AvgIpc) is 2.15. The Morgan fingerprint density at radius 3 is 3.00 bits per heavy atom. The number of rotatable bonds is 4. The molecule has 13 heavy (non-hydrogen) atoms. The van der Waals surface area contributed by atoms with Crippen LogP contribution in [0.5, 0.6) is 0 Å². The van der Waals surface area contributed by atoms with E-state index in [0.29, 0.717) is 5.92 Å². The Bertz CT molecular complexity index is 170. The molecule has 0 amide bonds. The van der Waals surface area contributed by atoms with Crippen LogP contribution in [-0.4, -0.2) is 22.6 Å². The fraction of sp³-hybridized carbons (Fsp3) is 0.900. The molecule has 0 aromatic rings. The fourth-order valence-electron chi connectivity index (χ4n) is 1.87. The van der Waals surface area contributed by atoms with Gasteiger partial charge in [0.15, 0.2) is 0 Å². The maximum absolute atomic E-state index is 10.9. The summed E-state index contributed by atoms with van der Waals surface area (Å²) in [6.07, 6.45) is 4.32. The maximum Gasteiger partial charge on any atom is 0.306 e. The van der Waals surface area contributed by atoms with Gasteiger partial charge in [0.25, 0.3) is 0 Å². The molecule has 1 aliphatic heterocycles. The highest BCUT2D eigenvalue weighted by Crippen LogP contribution is 2.32. The number of carboxylic acids is 1. The third kappa shape index (κ3) is 3.22. The van der Waals surface area contributed by atoms with E-state index in [2.05, 4.69) is 6.92 Å². The first-order chi connectivity index (χ1) is 6.25. The molecule has 0 aliphatic carbocycles. The predicted molar refractivity (Wildman–Crippen MR) is 56.1 cm³/mol. The van der Waals surface area contributed by atoms with Crippen LogP contribution in [0.15, 0.2) is 0 Å². The number of aliphatic carboxylic acids is 1. The number of thioether (sulfide) groups is 1. The molecule has 1 saturated heterocycles. The molecular formula is C10H18O2S. The molecule has 76 valence electrons. The minimum atomic E-state index is -0.582. The van der Waals surface area contributed by atoms with Gasteiger partial charge in [-0.05, 0) is 30.3 Å². The molecule has 1 N–H and O–H groups in total. The van der Waals surface area contributed by atoms with Crippen molar-refractivity contribution in [2.24, 2.45) is 11.8 Å². The largest absolute Gasteiger partial charge is 0.481 e. The highest BCUT2D eigenvalue weighted by molar-refractivity contribution is 7.99. The smallest absolute Gasteiger partial charge is 0.306 e. The Morgan fingerprint density at radius 2 is 2.38 bits per heavy atom. The van der Waals surface area contributed by atoms with Crippen molar-refractivity contribution in [1.82, 2.24) is 0 Å². The van der Waals surface area contributed by atoms with Gasteiger partial charge in [-0.1, -0.05) is 19.8 Å². The molecule has 1 aliphatic rings. The Morgan fingerprint density at radius 1 is 1.62 bits per heavy atom. The second-order valence-corrected chi connectivity index (χ2v) is 4.86. The van der Waals surface area contributed by atoms with E-state index in [1.807, 2.05) is 11.8 Å². The van der Waals surface area contributed by atoms with E-state index in [9.17, 15) is 4.79 Å². The molecule has 2 atom stereocenters. The summed E-state index contributed by atoms with van der Waals surface area (Å²) in [5.74, 6) is 1.86. The number of hydrogen-bond acceptors (Lipinski definition) is 2. The Hall–Kier alpha value is -0.180. The van der Waals surface area contributed by atoms with E-state index in [1.54, 1.807) is 0 Å². The van der Waals surface area contributed by atoms with Gasteiger partial charge in [-0.25, -0.2) is 0 Å². The average molecular weight is 202 g/mol. The van der Waals surface area contributed by atoms with Gasteiger partial charge in [-0.15, -0.1) is 0 Å². The highest BCUT2D eigenvalue weighted by atomic mass is 32.2. The van der Waals surface area contributed by atoms with E-state index < -0.39 is 5.97 Å². The van der Waals surface area contributed by atoms with Crippen molar-refractivity contribution < 1.29 is 9.90 Å². The summed E-state index contributed by atoms with van der Waals surface area (Å²) < 4.78 is 0. The summed E-state index contributed by atoms with van der Waals surface area (Å²) in [7, 11) is 0. The fourth-order valence-corrected chi connectivity index (χ4v) is 3.16. The van der Waals surface area contributed by atoms with Crippen LogP contribution in [0.1, 0.15) is 32.6 Å². The SMILES string of the molecule is CCCCC1CSCCC1C(=O)O. The monoisotopic (exact) mass is 202 g/mol. The second kappa shape index (κ2) is 5.53. The number of carbonyl (C=O) groups is 1. The summed E-state index contributed by atoms with van der Waals surface area (Å²) >= 11 is 1.91. The zero-order valence-electron chi connectivity index (χ0n) is 8.16. The van der Waals surface area contributed by atoms with E-state index in [-0.39, 0.29) is 5.92 Å². The van der Waals surface area contributed by atoms with Gasteiger partial charge >= 0.3 is 5.97 Å². The van der Waals surface area contributed by atoms with Crippen molar-refractivity contribution >= 4 is 17.7 Å². The standard InChI is InChI=1S/C10H18O2S/c1-2-3-4-8-7-13-6-5-9(8)10(11)12/h8-9H,2-7H2,1H3,(H,11,12). The molecular weight excluding hydrogens is 184 g/mol. The summed E-state index contributed by atoms with van der Waals surface area (Å²) in [5, 5.41) is 9.00. The Kier molecular flexibility index (Phi) is 4.64. The maximum atomic E-state index is 10.9. The summed E-state index contributed by atoms with van der Waals surface area (Å²) in [6.45, 7) is 2.16. The summed E-state index contributed by atoms with van der Waals surface area (Å²) in [4.78, 5) is 10.9. The predicted octanol–water partition coefficient (Wildman–Crippen LogP) is 2.63. The zero-order valence-corrected chi connectivity index (χ0v) is 8.98. The molecule has 0 aromatic heterocycles. The summed E-state index contributed by atoms with van der Waals surface area (Å²) in [5.41, 5.74) is 0. The third-order valence-electron chi connectivity index (χ3n) is 2.72. The van der Waals surface area contributed by atoms with Crippen molar-refractivity contribution in [3.05, 3.63) is 0 Å². The van der Waals surface area contributed by atoms with Crippen LogP contribution in [0, 0.1) is 11.8 Å². The molecule has 1 fully saturated rings. The Labute approximate surface area is 84.1 Å². The lowest BCUT2D eigenvalue weighted by atomic mass is 9.87. The minimum absolute atomic E-state index is 0.0622. The van der Waals surface area contributed by atoms with Gasteiger partial charge in [0.05, 0.1) is 5.92 Å². The second-order valence-electron chi connectivity index (χ2n) is 3.71. The first-order valence-electron chi connectivity index (χ1n) is 5.06. The van der Waals surface area contributed by atoms with Gasteiger partial charge in [0.2, 0.25) is 0 Å². The van der Waals surface area contributed by atoms with Crippen molar-refractivity contribution in [3.63, 3.8) is 0 Å². The summed E-state index contributed by atoms with van der Waals surface area (Å²) in [6, 6.07) is 0. The topological polar surface area (TPSA) is 37.3 Å². The van der Waals surface area contributed by atoms with Crippen molar-refractivity contribution in [1.29, 1.82) is 0 Å². The molecule has 0 bridgehead atoms. The quantitative estimate of drug-likeness (QED) is 0.761. The van der Waals surface area contributed by atoms with Crippen LogP contribution < -0.4 is 0 Å². The van der Waals surface area contributed by atoms with Crippen LogP contribution in [0.4, 0.5) is 0 Å². The zero-order chi connectivity index (χ0) is 9.68. The molecule has 1 rings (SSSR count). The normalized spacial score (nSPS) is 28.7. The first-order valence-corrected chi connectivity index (χ1v) is 6.21. The molecule has 0 saturated carbocycles. The van der Waals surface area contributed by atoms with Crippen molar-refractivity contribution in [2.45, 2.75) is 32.6 Å². The lowest BCUT2D eigenvalue weighted by Gasteiger charge is -2.27. The van der Waals surface area contributed by atoms with Gasteiger partial charge < -0.3 is 5.11 Å². The van der Waals surface area contributed by atoms with Gasteiger partial charge in [-0.2, -0.15) is 11.8 Å². The molecule has 3 heteroatoms. The number of unbranched alkanes of at least 4 members (excludes halogenated alkanes) is 1. The van der Waals surface area contributed by atoms with Crippen LogP contribution >= 0.6 is 11.8 Å². The van der Waals surface area contributed by atoms with Gasteiger partial charge in [0, 0.05) is 0 Å². The molecule has 2 nitrogen and oxygen atoms in total. The first kappa shape index (κ1) is 10.9. The molecule has 0 aromatic carbocycles. The van der Waals surface area contributed by atoms with E-state index >= 15 is 0 Å². The van der Waals surface area contributed by atoms with E-state index in [0.717, 1.165) is 24.3 Å². The van der Waals surface area contributed by atoms with E-state index in [1.165, 1.54) is 12.8 Å². The minimum Gasteiger partial charge on any atom is -0.481 e. The van der Waals surface area contributed by atoms with Crippen LogP contribution in [0.25, 0.3) is 0 Å². The lowest BCUT2D eigenvalue weighted by Crippen LogP contribution is -2.29. The van der Waals surface area contributed by atoms with Crippen LogP contribution in [0.2, 0.25) is 0 Å². The number of carboxylic acid groups (broad SMARTS) is 1. The molecule has 0 spiro atoms. The van der Waals surface area contributed by atoms with Crippen LogP contribution in [-0.2, 0) is 4.79 Å². The highest BCUT2D eigenvalue weighted by Gasteiger charge is 2.30. The Balaban J connectivity index is 2.41. The van der Waals surface area contributed by atoms with E-state index in [4.69, 9.17) is 5.11 Å². The van der Waals surface area contributed by atoms with Crippen LogP contribution in [0.3, 0.4) is 0 Å². The number of hydrogen-bond donors (Lipinski definition) is 1. The van der Waals surface area contributed by atoms with Crippen molar-refractivity contribution in [2.75, 3.05) is 11.5 Å². The van der Waals surface area contributed by atoms with Crippen molar-refractivity contribution in [3.8, 4) is 0 Å². The molecule has 2 unspecified atom stereocenters. The molecule has 0 radical (unpaired) electrons. The van der Waals surface area contributed by atoms with Gasteiger partial charge in [-0.3, -0.25) is 4.79 Å². The lowest BCUT2D eigenvalue weighted by molar-refractivity contribution is -0.143. The molecule has 1 heterocycles. The third-order valence-corrected chi connectivity index (χ3v) is 3.91. The van der Waals surface area contributed by atoms with Gasteiger partial charge in [0.1, 0.15) is 0 Å².